The first-order chi connectivity index (χ1) is 59.5. The smallest absolute Gasteiger partial charge is 0.137 e. The van der Waals surface area contributed by atoms with Crippen molar-refractivity contribution in [3.8, 4) is 100 Å². The number of benzene rings is 19. The summed E-state index contributed by atoms with van der Waals surface area (Å²) in [6, 6.07) is 166. The Morgan fingerprint density at radius 1 is 0.158 bits per heavy atom. The second-order valence-electron chi connectivity index (χ2n) is 32.0. The lowest BCUT2D eigenvalue weighted by Crippen LogP contribution is -2.28. The third-order valence-electron chi connectivity index (χ3n) is 25.8. The Morgan fingerprint density at radius 3 is 1.07 bits per heavy atom. The highest BCUT2D eigenvalue weighted by Gasteiger charge is 2.52. The molecule has 1 atom stereocenters. The second-order valence-corrected chi connectivity index (χ2v) is 32.0. The molecule has 2 aromatic heterocycles. The van der Waals surface area contributed by atoms with Gasteiger partial charge in [-0.1, -0.05) is 340 Å². The molecule has 3 aliphatic rings. The predicted octanol–water partition coefficient (Wildman–Crippen LogP) is 31.1. The molecular weight excluding hydrogens is 1450 g/mol. The topological polar surface area (TPSA) is 32.8 Å². The van der Waals surface area contributed by atoms with Crippen LogP contribution in [0.5, 0.6) is 0 Å². The van der Waals surface area contributed by atoms with E-state index >= 15 is 0 Å². The minimum absolute atomic E-state index is 0.612. The van der Waals surface area contributed by atoms with Crippen LogP contribution in [0.1, 0.15) is 44.5 Å². The minimum atomic E-state index is -0.644. The number of fused-ring (bicyclic) bond motifs is 19. The normalized spacial score (nSPS) is 13.8. The number of anilines is 6. The zero-order valence-corrected chi connectivity index (χ0v) is 65.4. The standard InChI is InChI=1S/C116H74N2O2/c1-7-27-75(28-8-1)77-47-55-86(56-48-77)117(87-59-51-81(52-60-87)99-73-113-102(96-42-22-26-46-111(96)119-113)71-98(99)79-31-11-3-12-32-79)89-61-64-95-92-40-20-24-44-105(92)116(109(95)69-89)106-45-25-21-41-93(106)101-67-82(54-66-107(101)116)83-53-63-97-103-72-100(80-33-13-4-14-34-80)110(74-114(103)120-112(97)68-83)118(88-57-49-78(50-58-88)76-29-9-2-10-30-76)90-62-65-94-91-39-19-23-43-104(91)115(108(94)70-90,84-35-15-5-16-36-84)85-37-17-6-18-38-85/h1-74H. The third-order valence-corrected chi connectivity index (χ3v) is 25.8. The van der Waals surface area contributed by atoms with Crippen LogP contribution in [0, 0.1) is 0 Å². The fraction of sp³-hybridized carbons (Fsp3) is 0.0172. The highest BCUT2D eigenvalue weighted by molar-refractivity contribution is 6.12. The van der Waals surface area contributed by atoms with Gasteiger partial charge in [0.2, 0.25) is 0 Å². The van der Waals surface area contributed by atoms with Gasteiger partial charge in [0, 0.05) is 61.6 Å². The molecule has 1 spiro atoms. The van der Waals surface area contributed by atoms with E-state index in [1.165, 1.54) is 89.0 Å². The molecule has 0 radical (unpaired) electrons. The Hall–Kier alpha value is -15.6. The van der Waals surface area contributed by atoms with E-state index < -0.39 is 10.8 Å². The first kappa shape index (κ1) is 68.8. The molecule has 2 heterocycles. The molecule has 3 aliphatic carbocycles. The average molecular weight is 1530 g/mol. The predicted molar refractivity (Wildman–Crippen MR) is 497 cm³/mol. The third kappa shape index (κ3) is 10.6. The zero-order chi connectivity index (χ0) is 79.0. The van der Waals surface area contributed by atoms with Crippen molar-refractivity contribution < 1.29 is 8.83 Å². The maximum Gasteiger partial charge on any atom is 0.137 e. The number of para-hydroxylation sites is 1. The van der Waals surface area contributed by atoms with Crippen LogP contribution in [0.3, 0.4) is 0 Å². The van der Waals surface area contributed by atoms with Crippen molar-refractivity contribution in [3.05, 3.63) is 493 Å². The molecule has 0 saturated heterocycles. The number of hydrogen-bond donors (Lipinski definition) is 0. The molecule has 1 unspecified atom stereocenters. The lowest BCUT2D eigenvalue weighted by atomic mass is 9.67. The minimum Gasteiger partial charge on any atom is -0.456 e. The van der Waals surface area contributed by atoms with Crippen molar-refractivity contribution in [2.75, 3.05) is 9.80 Å². The molecule has 4 heteroatoms. The van der Waals surface area contributed by atoms with E-state index in [0.717, 1.165) is 134 Å². The molecular formula is C116H74N2O2. The Kier molecular flexibility index (Phi) is 15.8. The fourth-order valence-corrected chi connectivity index (χ4v) is 20.4. The van der Waals surface area contributed by atoms with Crippen molar-refractivity contribution in [1.82, 2.24) is 0 Å². The van der Waals surface area contributed by atoms with Crippen LogP contribution in [-0.4, -0.2) is 0 Å². The van der Waals surface area contributed by atoms with Crippen molar-refractivity contribution >= 4 is 78.0 Å². The van der Waals surface area contributed by atoms with E-state index in [1.807, 2.05) is 6.07 Å². The van der Waals surface area contributed by atoms with Gasteiger partial charge in [0.05, 0.1) is 16.5 Å². The van der Waals surface area contributed by atoms with Gasteiger partial charge >= 0.3 is 0 Å². The number of furan rings is 2. The Balaban J connectivity index is 0.641. The van der Waals surface area contributed by atoms with E-state index in [1.54, 1.807) is 0 Å². The maximum atomic E-state index is 7.37. The van der Waals surface area contributed by atoms with Crippen LogP contribution in [0.15, 0.2) is 458 Å². The molecule has 0 fully saturated rings. The lowest BCUT2D eigenvalue weighted by molar-refractivity contribution is 0.668. The van der Waals surface area contributed by atoms with Gasteiger partial charge in [-0.25, -0.2) is 0 Å². The van der Waals surface area contributed by atoms with Crippen LogP contribution >= 0.6 is 0 Å². The summed E-state index contributed by atoms with van der Waals surface area (Å²) >= 11 is 0. The lowest BCUT2D eigenvalue weighted by Gasteiger charge is -2.35. The van der Waals surface area contributed by atoms with Gasteiger partial charge in [0.25, 0.3) is 0 Å². The summed E-state index contributed by atoms with van der Waals surface area (Å²) in [6.07, 6.45) is 0. The first-order valence-corrected chi connectivity index (χ1v) is 41.4. The Labute approximate surface area is 696 Å². The van der Waals surface area contributed by atoms with Crippen LogP contribution in [0.2, 0.25) is 0 Å². The highest BCUT2D eigenvalue weighted by atomic mass is 16.3. The van der Waals surface area contributed by atoms with E-state index in [9.17, 15) is 0 Å². The molecule has 19 aromatic carbocycles. The van der Waals surface area contributed by atoms with Gasteiger partial charge in [-0.15, -0.1) is 0 Å². The SMILES string of the molecule is c1ccc(-c2ccc(N(c3ccc(-c4cc5oc6ccccc6c5cc4-c4ccccc4)cc3)c3ccc4c(c3)C3(c5ccccc5-c5cc(-c6ccc7c(c6)oc6cc(N(c8ccc(-c9ccccc9)cc8)c8ccc9c(c8)C(c8ccccc8)(c8ccccc8)c8ccccc8-9)c(-c8ccccc8)cc67)ccc53)c3ccccc3-4)cc2)cc1. The summed E-state index contributed by atoms with van der Waals surface area (Å²) in [5.74, 6) is 0. The number of nitrogens with zero attached hydrogens (tertiary/aromatic N) is 2. The summed E-state index contributed by atoms with van der Waals surface area (Å²) < 4.78 is 14.0. The molecule has 560 valence electrons. The first-order valence-electron chi connectivity index (χ1n) is 41.4. The molecule has 0 N–H and O–H groups in total. The summed E-state index contributed by atoms with van der Waals surface area (Å²) in [5.41, 5.74) is 39.3. The molecule has 0 saturated carbocycles. The largest absolute Gasteiger partial charge is 0.456 e. The molecule has 120 heavy (non-hydrogen) atoms. The van der Waals surface area contributed by atoms with E-state index in [2.05, 4.69) is 453 Å². The van der Waals surface area contributed by atoms with Crippen molar-refractivity contribution in [3.63, 3.8) is 0 Å². The van der Waals surface area contributed by atoms with Gasteiger partial charge in [-0.3, -0.25) is 0 Å². The van der Waals surface area contributed by atoms with Crippen LogP contribution < -0.4 is 9.80 Å². The maximum absolute atomic E-state index is 7.37. The zero-order valence-electron chi connectivity index (χ0n) is 65.4. The van der Waals surface area contributed by atoms with Gasteiger partial charge in [-0.05, 0) is 242 Å². The van der Waals surface area contributed by atoms with Crippen molar-refractivity contribution in [2.24, 2.45) is 0 Å². The van der Waals surface area contributed by atoms with E-state index in [-0.39, 0.29) is 0 Å². The number of rotatable bonds is 14. The van der Waals surface area contributed by atoms with Gasteiger partial charge < -0.3 is 18.6 Å². The van der Waals surface area contributed by atoms with Gasteiger partial charge in [0.15, 0.2) is 0 Å². The van der Waals surface area contributed by atoms with Gasteiger partial charge in [-0.2, -0.15) is 0 Å². The number of hydrogen-bond acceptors (Lipinski definition) is 4. The van der Waals surface area contributed by atoms with E-state index in [0.29, 0.717) is 0 Å². The average Bonchev–Trinajstić information content (AvgIpc) is 1.51. The monoisotopic (exact) mass is 1530 g/mol. The van der Waals surface area contributed by atoms with Crippen molar-refractivity contribution in [1.29, 1.82) is 0 Å². The fourth-order valence-electron chi connectivity index (χ4n) is 20.4. The Bertz CT molecular complexity index is 7570. The quantitative estimate of drug-likeness (QED) is 0.109. The molecule has 4 nitrogen and oxygen atoms in total. The summed E-state index contributed by atoms with van der Waals surface area (Å²) in [7, 11) is 0. The van der Waals surface area contributed by atoms with Gasteiger partial charge in [0.1, 0.15) is 22.3 Å². The van der Waals surface area contributed by atoms with E-state index in [4.69, 9.17) is 8.83 Å². The summed E-state index contributed by atoms with van der Waals surface area (Å²) in [4.78, 5) is 4.90. The van der Waals surface area contributed by atoms with Crippen LogP contribution in [0.4, 0.5) is 34.1 Å². The molecule has 0 aliphatic heterocycles. The Morgan fingerprint density at radius 2 is 0.500 bits per heavy atom. The molecule has 21 aromatic rings. The van der Waals surface area contributed by atoms with Crippen LogP contribution in [0.25, 0.3) is 144 Å². The van der Waals surface area contributed by atoms with Crippen LogP contribution in [-0.2, 0) is 10.8 Å². The summed E-state index contributed by atoms with van der Waals surface area (Å²) in [5, 5.41) is 4.32. The second kappa shape index (κ2) is 27.5. The highest BCUT2D eigenvalue weighted by Crippen LogP contribution is 2.65. The summed E-state index contributed by atoms with van der Waals surface area (Å²) in [6.45, 7) is 0. The molecule has 0 amide bonds. The van der Waals surface area contributed by atoms with Crippen molar-refractivity contribution in [2.45, 2.75) is 10.8 Å². The molecule has 0 bridgehead atoms. The molecule has 24 rings (SSSR count).